The normalized spacial score (nSPS) is 18.4. The average Bonchev–Trinajstić information content (AvgIpc) is 2.72. The Labute approximate surface area is 160 Å². The Bertz CT molecular complexity index is 1150. The molecule has 28 heavy (non-hydrogen) atoms. The summed E-state index contributed by atoms with van der Waals surface area (Å²) in [4.78, 5) is 13.4. The predicted molar refractivity (Wildman–Crippen MR) is 103 cm³/mol. The van der Waals surface area contributed by atoms with Crippen molar-refractivity contribution < 1.29 is 29.2 Å². The number of aromatic nitrogens is 1. The first-order valence-corrected chi connectivity index (χ1v) is 8.71. The highest BCUT2D eigenvalue weighted by molar-refractivity contribution is 6.03. The monoisotopic (exact) mass is 387 g/mol. The summed E-state index contributed by atoms with van der Waals surface area (Å²) in [6.07, 6.45) is -2.37. The molecule has 148 valence electrons. The number of methoxy groups -OCH3 is 4. The van der Waals surface area contributed by atoms with Crippen LogP contribution in [0.1, 0.15) is 11.7 Å². The van der Waals surface area contributed by atoms with E-state index in [2.05, 4.69) is 0 Å². The van der Waals surface area contributed by atoms with Crippen LogP contribution < -0.4 is 24.4 Å². The molecule has 2 aromatic carbocycles. The van der Waals surface area contributed by atoms with Crippen molar-refractivity contribution in [1.29, 1.82) is 0 Å². The molecule has 0 aliphatic carbocycles. The number of aliphatic hydroxyl groups excluding tert-OH is 2. The Balaban J connectivity index is 2.39. The van der Waals surface area contributed by atoms with Gasteiger partial charge in [0.15, 0.2) is 11.5 Å². The van der Waals surface area contributed by atoms with Crippen molar-refractivity contribution in [1.82, 2.24) is 4.57 Å². The molecule has 0 fully saturated rings. The van der Waals surface area contributed by atoms with E-state index in [1.165, 1.54) is 28.4 Å². The molecule has 0 bridgehead atoms. The van der Waals surface area contributed by atoms with Gasteiger partial charge in [-0.05, 0) is 12.1 Å². The summed E-state index contributed by atoms with van der Waals surface area (Å²) in [5.41, 5.74) is 0.944. The van der Waals surface area contributed by atoms with E-state index in [4.69, 9.17) is 18.9 Å². The van der Waals surface area contributed by atoms with Crippen molar-refractivity contribution in [2.24, 2.45) is 0 Å². The van der Waals surface area contributed by atoms with Crippen molar-refractivity contribution in [2.75, 3.05) is 28.4 Å². The molecule has 0 saturated carbocycles. The van der Waals surface area contributed by atoms with E-state index in [9.17, 15) is 15.0 Å². The molecule has 0 radical (unpaired) electrons. The van der Waals surface area contributed by atoms with Crippen molar-refractivity contribution >= 4 is 21.8 Å². The molecule has 2 unspecified atom stereocenters. The van der Waals surface area contributed by atoms with Gasteiger partial charge in [0.25, 0.3) is 0 Å². The van der Waals surface area contributed by atoms with Crippen LogP contribution >= 0.6 is 0 Å². The fourth-order valence-electron chi connectivity index (χ4n) is 4.09. The van der Waals surface area contributed by atoms with E-state index < -0.39 is 12.2 Å². The number of para-hydroxylation sites is 1. The Morgan fingerprint density at radius 1 is 0.929 bits per heavy atom. The second kappa shape index (κ2) is 6.57. The summed E-state index contributed by atoms with van der Waals surface area (Å²) < 4.78 is 23.7. The maximum Gasteiger partial charge on any atom is 0.204 e. The van der Waals surface area contributed by atoms with Crippen LogP contribution in [0.3, 0.4) is 0 Å². The van der Waals surface area contributed by atoms with E-state index in [0.29, 0.717) is 22.2 Å². The van der Waals surface area contributed by atoms with E-state index >= 15 is 0 Å². The summed E-state index contributed by atoms with van der Waals surface area (Å²) in [6.45, 7) is 0.0699. The molecule has 1 aliphatic heterocycles. The molecule has 2 heterocycles. The number of hydrogen-bond acceptors (Lipinski definition) is 7. The summed E-state index contributed by atoms with van der Waals surface area (Å²) in [5, 5.41) is 22.0. The fraction of sp³-hybridized carbons (Fsp3) is 0.350. The third-order valence-electron chi connectivity index (χ3n) is 5.25. The van der Waals surface area contributed by atoms with Gasteiger partial charge in [-0.3, -0.25) is 4.79 Å². The first-order chi connectivity index (χ1) is 13.5. The van der Waals surface area contributed by atoms with Gasteiger partial charge in [0, 0.05) is 0 Å². The molecule has 0 amide bonds. The van der Waals surface area contributed by atoms with Gasteiger partial charge in [-0.1, -0.05) is 6.07 Å². The zero-order chi connectivity index (χ0) is 20.2. The highest BCUT2D eigenvalue weighted by Crippen LogP contribution is 2.50. The minimum absolute atomic E-state index is 0.0699. The predicted octanol–water partition coefficient (Wildman–Crippen LogP) is 1.60. The topological polar surface area (TPSA) is 99.4 Å². The Morgan fingerprint density at radius 3 is 2.21 bits per heavy atom. The lowest BCUT2D eigenvalue weighted by Crippen LogP contribution is -2.32. The molecule has 0 spiro atoms. The third kappa shape index (κ3) is 2.22. The molecule has 0 saturated heterocycles. The molecule has 3 aromatic rings. The van der Waals surface area contributed by atoms with E-state index in [0.717, 1.165) is 0 Å². The molecule has 1 aliphatic rings. The maximum absolute atomic E-state index is 13.4. The maximum atomic E-state index is 13.4. The highest BCUT2D eigenvalue weighted by Gasteiger charge is 2.37. The van der Waals surface area contributed by atoms with Gasteiger partial charge in [0.05, 0.1) is 62.4 Å². The number of benzene rings is 2. The van der Waals surface area contributed by atoms with Crippen molar-refractivity contribution in [2.45, 2.75) is 18.8 Å². The van der Waals surface area contributed by atoms with E-state index in [1.54, 1.807) is 22.8 Å². The lowest BCUT2D eigenvalue weighted by molar-refractivity contribution is 0.00338. The first kappa shape index (κ1) is 18.4. The second-order valence-corrected chi connectivity index (χ2v) is 6.55. The molecule has 8 heteroatoms. The van der Waals surface area contributed by atoms with Crippen LogP contribution in [0.25, 0.3) is 21.8 Å². The molecule has 4 rings (SSSR count). The SMILES string of the molecule is COc1c(OC)c2c3c(c1OC)c(=O)c1cccc(OC)c1n3CC(O)C2O. The van der Waals surface area contributed by atoms with Crippen LogP contribution in [0.4, 0.5) is 0 Å². The fourth-order valence-corrected chi connectivity index (χ4v) is 4.09. The summed E-state index contributed by atoms with van der Waals surface area (Å²) in [7, 11) is 5.80. The summed E-state index contributed by atoms with van der Waals surface area (Å²) in [6, 6.07) is 5.16. The van der Waals surface area contributed by atoms with Gasteiger partial charge in [-0.25, -0.2) is 0 Å². The Hall–Kier alpha value is -2.97. The van der Waals surface area contributed by atoms with Crippen molar-refractivity contribution in [3.63, 3.8) is 0 Å². The van der Waals surface area contributed by atoms with Crippen LogP contribution in [0.5, 0.6) is 23.0 Å². The van der Waals surface area contributed by atoms with Gasteiger partial charge >= 0.3 is 0 Å². The van der Waals surface area contributed by atoms with Crippen LogP contribution in [0.2, 0.25) is 0 Å². The smallest absolute Gasteiger partial charge is 0.204 e. The quantitative estimate of drug-likeness (QED) is 0.656. The minimum atomic E-state index is -1.26. The summed E-state index contributed by atoms with van der Waals surface area (Å²) in [5.74, 6) is 1.09. The van der Waals surface area contributed by atoms with Gasteiger partial charge in [0.1, 0.15) is 18.0 Å². The van der Waals surface area contributed by atoms with Crippen LogP contribution in [0, 0.1) is 0 Å². The second-order valence-electron chi connectivity index (χ2n) is 6.55. The number of fused-ring (bicyclic) bond motifs is 2. The van der Waals surface area contributed by atoms with Gasteiger partial charge in [0.2, 0.25) is 11.2 Å². The van der Waals surface area contributed by atoms with Crippen LogP contribution in [0.15, 0.2) is 23.0 Å². The molecule has 2 N–H and O–H groups in total. The Morgan fingerprint density at radius 2 is 1.61 bits per heavy atom. The third-order valence-corrected chi connectivity index (χ3v) is 5.25. The number of ether oxygens (including phenoxy) is 4. The summed E-state index contributed by atoms with van der Waals surface area (Å²) >= 11 is 0. The van der Waals surface area contributed by atoms with Crippen LogP contribution in [-0.2, 0) is 6.54 Å². The minimum Gasteiger partial charge on any atom is -0.495 e. The van der Waals surface area contributed by atoms with Crippen molar-refractivity contribution in [3.05, 3.63) is 34.0 Å². The Kier molecular flexibility index (Phi) is 4.32. The highest BCUT2D eigenvalue weighted by atomic mass is 16.5. The molecular weight excluding hydrogens is 366 g/mol. The zero-order valence-electron chi connectivity index (χ0n) is 16.0. The van der Waals surface area contributed by atoms with Crippen molar-refractivity contribution in [3.8, 4) is 23.0 Å². The molecule has 8 nitrogen and oxygen atoms in total. The standard InChI is InChI=1S/C20H21NO7/c1-25-11-7-5-6-9-14(11)21-8-10(22)17(24)13-15(21)12(16(9)23)18(26-2)20(28-4)19(13)27-3/h5-7,10,17,22,24H,8H2,1-4H3. The number of rotatable bonds is 4. The van der Waals surface area contributed by atoms with Gasteiger partial charge in [-0.15, -0.1) is 0 Å². The average molecular weight is 387 g/mol. The van der Waals surface area contributed by atoms with Gasteiger partial charge < -0.3 is 33.7 Å². The van der Waals surface area contributed by atoms with Gasteiger partial charge in [-0.2, -0.15) is 0 Å². The van der Waals surface area contributed by atoms with E-state index in [-0.39, 0.29) is 40.2 Å². The zero-order valence-corrected chi connectivity index (χ0v) is 16.0. The van der Waals surface area contributed by atoms with E-state index in [1.807, 2.05) is 0 Å². The lowest BCUT2D eigenvalue weighted by Gasteiger charge is -2.32. The number of hydrogen-bond donors (Lipinski definition) is 2. The largest absolute Gasteiger partial charge is 0.495 e. The van der Waals surface area contributed by atoms with Crippen LogP contribution in [-0.4, -0.2) is 49.3 Å². The lowest BCUT2D eigenvalue weighted by atomic mass is 9.92. The number of pyridine rings is 1. The molecular formula is C20H21NO7. The number of nitrogens with zero attached hydrogens (tertiary/aromatic N) is 1. The molecule has 1 aromatic heterocycles. The number of aliphatic hydroxyl groups is 2. The first-order valence-electron chi connectivity index (χ1n) is 8.71. The molecule has 2 atom stereocenters.